The number of hydrogen-bond acceptors (Lipinski definition) is 3. The summed E-state index contributed by atoms with van der Waals surface area (Å²) in [6.07, 6.45) is 1.77. The van der Waals surface area contributed by atoms with Crippen molar-refractivity contribution in [2.75, 3.05) is 14.2 Å². The molecule has 1 aliphatic carbocycles. The summed E-state index contributed by atoms with van der Waals surface area (Å²) < 4.78 is 10.6. The number of rotatable bonds is 5. The quantitative estimate of drug-likeness (QED) is 0.910. The van der Waals surface area contributed by atoms with E-state index in [2.05, 4.69) is 6.07 Å². The van der Waals surface area contributed by atoms with Crippen molar-refractivity contribution in [2.45, 2.75) is 24.9 Å². The Balaban J connectivity index is 2.00. The van der Waals surface area contributed by atoms with E-state index in [0.717, 1.165) is 11.1 Å². The molecular weight excluding hydrogens is 264 g/mol. The first-order chi connectivity index (χ1) is 10.2. The Morgan fingerprint density at radius 2 is 1.62 bits per heavy atom. The van der Waals surface area contributed by atoms with Crippen molar-refractivity contribution in [1.29, 1.82) is 0 Å². The third kappa shape index (κ3) is 2.88. The van der Waals surface area contributed by atoms with Gasteiger partial charge in [0, 0.05) is 6.07 Å². The summed E-state index contributed by atoms with van der Waals surface area (Å²) in [5.74, 6) is 1.97. The van der Waals surface area contributed by atoms with Gasteiger partial charge in [0.15, 0.2) is 0 Å². The fraction of sp³-hybridized carbons (Fsp3) is 0.333. The molecule has 0 radical (unpaired) electrons. The molecule has 0 aliphatic heterocycles. The van der Waals surface area contributed by atoms with Crippen LogP contribution in [0.2, 0.25) is 0 Å². The molecule has 1 N–H and O–H groups in total. The maximum Gasteiger partial charge on any atom is 0.122 e. The number of aliphatic hydroxyl groups is 1. The molecule has 2 aromatic carbocycles. The Kier molecular flexibility index (Phi) is 3.84. The molecule has 3 nitrogen and oxygen atoms in total. The van der Waals surface area contributed by atoms with Gasteiger partial charge in [0.1, 0.15) is 17.6 Å². The van der Waals surface area contributed by atoms with E-state index in [0.29, 0.717) is 17.4 Å². The second-order valence-electron chi connectivity index (χ2n) is 5.45. The Labute approximate surface area is 125 Å². The second-order valence-corrected chi connectivity index (χ2v) is 5.45. The van der Waals surface area contributed by atoms with Gasteiger partial charge in [-0.15, -0.1) is 0 Å². The largest absolute Gasteiger partial charge is 0.497 e. The van der Waals surface area contributed by atoms with Crippen LogP contribution in [0, 0.1) is 0 Å². The van der Waals surface area contributed by atoms with E-state index in [-0.39, 0.29) is 0 Å². The molecule has 1 unspecified atom stereocenters. The van der Waals surface area contributed by atoms with Gasteiger partial charge in [-0.05, 0) is 47.6 Å². The number of ether oxygens (including phenoxy) is 2. The Morgan fingerprint density at radius 3 is 2.19 bits per heavy atom. The lowest BCUT2D eigenvalue weighted by atomic mass is 9.94. The van der Waals surface area contributed by atoms with Crippen LogP contribution in [0.25, 0.3) is 0 Å². The lowest BCUT2D eigenvalue weighted by molar-refractivity contribution is 0.218. The topological polar surface area (TPSA) is 38.7 Å². The molecule has 3 rings (SSSR count). The van der Waals surface area contributed by atoms with E-state index in [1.165, 1.54) is 18.4 Å². The van der Waals surface area contributed by atoms with E-state index in [1.54, 1.807) is 14.2 Å². The van der Waals surface area contributed by atoms with E-state index in [4.69, 9.17) is 9.47 Å². The molecule has 1 fully saturated rings. The fourth-order valence-electron chi connectivity index (χ4n) is 2.69. The molecule has 0 heterocycles. The monoisotopic (exact) mass is 284 g/mol. The Hall–Kier alpha value is -2.00. The van der Waals surface area contributed by atoms with Crippen LogP contribution in [0.1, 0.15) is 41.6 Å². The highest BCUT2D eigenvalue weighted by Crippen LogP contribution is 2.44. The standard InChI is InChI=1S/C18H20O3/c1-20-14-9-13(10-15(11-14)21-2)18(19)17-6-4-3-5-16(17)12-7-8-12/h3-6,9-12,18-19H,7-8H2,1-2H3. The molecule has 0 bridgehead atoms. The third-order valence-electron chi connectivity index (χ3n) is 4.00. The fourth-order valence-corrected chi connectivity index (χ4v) is 2.69. The summed E-state index contributed by atoms with van der Waals surface area (Å²) in [5, 5.41) is 10.8. The Morgan fingerprint density at radius 1 is 1.00 bits per heavy atom. The molecule has 1 aliphatic rings. The van der Waals surface area contributed by atoms with E-state index >= 15 is 0 Å². The zero-order valence-corrected chi connectivity index (χ0v) is 12.4. The van der Waals surface area contributed by atoms with Gasteiger partial charge < -0.3 is 14.6 Å². The minimum absolute atomic E-state index is 0.600. The minimum atomic E-state index is -0.661. The molecule has 3 heteroatoms. The maximum atomic E-state index is 10.8. The van der Waals surface area contributed by atoms with Crippen LogP contribution in [-0.2, 0) is 0 Å². The molecule has 0 spiro atoms. The van der Waals surface area contributed by atoms with Crippen LogP contribution in [0.5, 0.6) is 11.5 Å². The lowest BCUT2D eigenvalue weighted by Crippen LogP contribution is -2.04. The first-order valence-electron chi connectivity index (χ1n) is 7.22. The van der Waals surface area contributed by atoms with Gasteiger partial charge in [0.25, 0.3) is 0 Å². The first-order valence-corrected chi connectivity index (χ1v) is 7.22. The number of aliphatic hydroxyl groups excluding tert-OH is 1. The highest BCUT2D eigenvalue weighted by atomic mass is 16.5. The summed E-state index contributed by atoms with van der Waals surface area (Å²) in [7, 11) is 3.23. The maximum absolute atomic E-state index is 10.8. The molecular formula is C18H20O3. The average molecular weight is 284 g/mol. The van der Waals surface area contributed by atoms with Crippen molar-refractivity contribution in [1.82, 2.24) is 0 Å². The first kappa shape index (κ1) is 14.0. The SMILES string of the molecule is COc1cc(OC)cc(C(O)c2ccccc2C2CC2)c1. The van der Waals surface area contributed by atoms with Gasteiger partial charge in [-0.1, -0.05) is 24.3 Å². The smallest absolute Gasteiger partial charge is 0.122 e. The molecule has 110 valence electrons. The van der Waals surface area contributed by atoms with Crippen molar-refractivity contribution in [2.24, 2.45) is 0 Å². The van der Waals surface area contributed by atoms with Crippen LogP contribution in [0.4, 0.5) is 0 Å². The third-order valence-corrected chi connectivity index (χ3v) is 4.00. The second kappa shape index (κ2) is 5.78. The molecule has 1 saturated carbocycles. The van der Waals surface area contributed by atoms with Gasteiger partial charge in [0.05, 0.1) is 14.2 Å². The Bertz CT molecular complexity index is 610. The van der Waals surface area contributed by atoms with Gasteiger partial charge in [-0.2, -0.15) is 0 Å². The van der Waals surface area contributed by atoms with E-state index in [9.17, 15) is 5.11 Å². The number of benzene rings is 2. The number of methoxy groups -OCH3 is 2. The van der Waals surface area contributed by atoms with Gasteiger partial charge in [-0.3, -0.25) is 0 Å². The highest BCUT2D eigenvalue weighted by molar-refractivity contribution is 5.45. The summed E-state index contributed by atoms with van der Waals surface area (Å²) in [6, 6.07) is 13.7. The lowest BCUT2D eigenvalue weighted by Gasteiger charge is -2.17. The van der Waals surface area contributed by atoms with Crippen LogP contribution < -0.4 is 9.47 Å². The summed E-state index contributed by atoms with van der Waals surface area (Å²) >= 11 is 0. The molecule has 2 aromatic rings. The number of hydrogen-bond donors (Lipinski definition) is 1. The average Bonchev–Trinajstić information content (AvgIpc) is 3.38. The molecule has 0 amide bonds. The predicted molar refractivity (Wildman–Crippen MR) is 82.0 cm³/mol. The summed E-state index contributed by atoms with van der Waals surface area (Å²) in [5.41, 5.74) is 3.03. The van der Waals surface area contributed by atoms with Gasteiger partial charge in [0.2, 0.25) is 0 Å². The van der Waals surface area contributed by atoms with Crippen molar-refractivity contribution in [3.05, 3.63) is 59.2 Å². The molecule has 0 aromatic heterocycles. The van der Waals surface area contributed by atoms with Crippen LogP contribution in [0.3, 0.4) is 0 Å². The molecule has 21 heavy (non-hydrogen) atoms. The molecule has 1 atom stereocenters. The van der Waals surface area contributed by atoms with Crippen molar-refractivity contribution >= 4 is 0 Å². The highest BCUT2D eigenvalue weighted by Gasteiger charge is 2.28. The zero-order valence-electron chi connectivity index (χ0n) is 12.4. The van der Waals surface area contributed by atoms with E-state index < -0.39 is 6.10 Å². The van der Waals surface area contributed by atoms with Gasteiger partial charge >= 0.3 is 0 Å². The minimum Gasteiger partial charge on any atom is -0.497 e. The van der Waals surface area contributed by atoms with Crippen LogP contribution in [-0.4, -0.2) is 19.3 Å². The molecule has 0 saturated heterocycles. The van der Waals surface area contributed by atoms with Crippen molar-refractivity contribution in [3.63, 3.8) is 0 Å². The van der Waals surface area contributed by atoms with Crippen LogP contribution in [0.15, 0.2) is 42.5 Å². The van der Waals surface area contributed by atoms with Crippen molar-refractivity contribution < 1.29 is 14.6 Å². The van der Waals surface area contributed by atoms with E-state index in [1.807, 2.05) is 36.4 Å². The summed E-state index contributed by atoms with van der Waals surface area (Å²) in [6.45, 7) is 0. The summed E-state index contributed by atoms with van der Waals surface area (Å²) in [4.78, 5) is 0. The normalized spacial score (nSPS) is 15.6. The zero-order chi connectivity index (χ0) is 14.8. The van der Waals surface area contributed by atoms with Gasteiger partial charge in [-0.25, -0.2) is 0 Å². The van der Waals surface area contributed by atoms with Crippen LogP contribution >= 0.6 is 0 Å². The predicted octanol–water partition coefficient (Wildman–Crippen LogP) is 3.66. The van der Waals surface area contributed by atoms with Crippen molar-refractivity contribution in [3.8, 4) is 11.5 Å².